The molecule has 1 aromatic carbocycles. The summed E-state index contributed by atoms with van der Waals surface area (Å²) in [7, 11) is 0. The Kier molecular flexibility index (Phi) is 3.33. The topological polar surface area (TPSA) is 58.6 Å². The minimum atomic E-state index is -0.0910. The highest BCUT2D eigenvalue weighted by atomic mass is 16.5. The van der Waals surface area contributed by atoms with Gasteiger partial charge in [0.15, 0.2) is 0 Å². The number of phenols is 1. The number of ether oxygens (including phenoxy) is 1. The van der Waals surface area contributed by atoms with Gasteiger partial charge in [0.2, 0.25) is 5.91 Å². The van der Waals surface area contributed by atoms with Gasteiger partial charge in [0.25, 0.3) is 0 Å². The van der Waals surface area contributed by atoms with Crippen LogP contribution in [-0.4, -0.2) is 23.7 Å². The van der Waals surface area contributed by atoms with Crippen LogP contribution in [0.1, 0.15) is 18.9 Å². The minimum Gasteiger partial charge on any atom is -0.508 e. The van der Waals surface area contributed by atoms with E-state index in [1.807, 2.05) is 6.92 Å². The van der Waals surface area contributed by atoms with E-state index < -0.39 is 0 Å². The van der Waals surface area contributed by atoms with Crippen molar-refractivity contribution >= 4 is 11.6 Å². The van der Waals surface area contributed by atoms with E-state index in [1.165, 1.54) is 0 Å². The van der Waals surface area contributed by atoms with Crippen molar-refractivity contribution in [2.75, 3.05) is 11.9 Å². The van der Waals surface area contributed by atoms with Gasteiger partial charge in [0.05, 0.1) is 18.6 Å². The van der Waals surface area contributed by atoms with Crippen LogP contribution < -0.4 is 5.32 Å². The quantitative estimate of drug-likeness (QED) is 0.825. The third kappa shape index (κ3) is 2.58. The first-order valence-corrected chi connectivity index (χ1v) is 5.79. The standard InChI is InChI=1S/C13H17NO3/c1-8-6-10(7-17-8)13(16)14-11-4-3-5-12(15)9(11)2/h3-5,8,10,15H,6-7H2,1-2H3,(H,14,16). The van der Waals surface area contributed by atoms with Gasteiger partial charge in [0.1, 0.15) is 5.75 Å². The lowest BCUT2D eigenvalue weighted by Gasteiger charge is -2.12. The Balaban J connectivity index is 2.06. The molecule has 1 heterocycles. The van der Waals surface area contributed by atoms with Crippen molar-refractivity contribution < 1.29 is 14.6 Å². The summed E-state index contributed by atoms with van der Waals surface area (Å²) in [5.41, 5.74) is 1.35. The number of phenolic OH excluding ortho intramolecular Hbond substituents is 1. The van der Waals surface area contributed by atoms with E-state index in [2.05, 4.69) is 5.32 Å². The maximum Gasteiger partial charge on any atom is 0.229 e. The van der Waals surface area contributed by atoms with E-state index in [-0.39, 0.29) is 23.7 Å². The zero-order valence-corrected chi connectivity index (χ0v) is 10.1. The fourth-order valence-corrected chi connectivity index (χ4v) is 1.99. The van der Waals surface area contributed by atoms with Crippen LogP contribution in [0.2, 0.25) is 0 Å². The predicted octanol–water partition coefficient (Wildman–Crippen LogP) is 2.06. The molecule has 2 rings (SSSR count). The summed E-state index contributed by atoms with van der Waals surface area (Å²) < 4.78 is 5.37. The minimum absolute atomic E-state index is 0.0388. The number of aromatic hydroxyl groups is 1. The van der Waals surface area contributed by atoms with Gasteiger partial charge in [-0.2, -0.15) is 0 Å². The predicted molar refractivity (Wildman–Crippen MR) is 65.0 cm³/mol. The highest BCUT2D eigenvalue weighted by Gasteiger charge is 2.28. The summed E-state index contributed by atoms with van der Waals surface area (Å²) >= 11 is 0. The first-order chi connectivity index (χ1) is 8.08. The largest absolute Gasteiger partial charge is 0.508 e. The highest BCUT2D eigenvalue weighted by Crippen LogP contribution is 2.26. The Hall–Kier alpha value is -1.55. The molecule has 2 atom stereocenters. The molecule has 17 heavy (non-hydrogen) atoms. The second kappa shape index (κ2) is 4.75. The van der Waals surface area contributed by atoms with Gasteiger partial charge in [-0.3, -0.25) is 4.79 Å². The summed E-state index contributed by atoms with van der Waals surface area (Å²) in [5, 5.41) is 12.4. The molecule has 4 heteroatoms. The van der Waals surface area contributed by atoms with Crippen molar-refractivity contribution in [1.29, 1.82) is 0 Å². The first-order valence-electron chi connectivity index (χ1n) is 5.79. The fraction of sp³-hybridized carbons (Fsp3) is 0.462. The lowest BCUT2D eigenvalue weighted by Crippen LogP contribution is -2.23. The summed E-state index contributed by atoms with van der Waals surface area (Å²) in [5.74, 6) is 0.0636. The molecule has 0 spiro atoms. The molecule has 1 aliphatic rings. The van der Waals surface area contributed by atoms with Crippen LogP contribution in [0.5, 0.6) is 5.75 Å². The van der Waals surface area contributed by atoms with Crippen LogP contribution >= 0.6 is 0 Å². The molecule has 4 nitrogen and oxygen atoms in total. The number of hydrogen-bond acceptors (Lipinski definition) is 3. The normalized spacial score (nSPS) is 23.6. The molecule has 2 unspecified atom stereocenters. The average molecular weight is 235 g/mol. The number of benzene rings is 1. The Morgan fingerprint density at radius 2 is 2.29 bits per heavy atom. The van der Waals surface area contributed by atoms with Gasteiger partial charge < -0.3 is 15.2 Å². The van der Waals surface area contributed by atoms with Crippen molar-refractivity contribution in [3.8, 4) is 5.75 Å². The van der Waals surface area contributed by atoms with Crippen molar-refractivity contribution in [3.63, 3.8) is 0 Å². The van der Waals surface area contributed by atoms with Crippen molar-refractivity contribution in [3.05, 3.63) is 23.8 Å². The molecule has 0 saturated carbocycles. The Morgan fingerprint density at radius 3 is 2.94 bits per heavy atom. The molecular weight excluding hydrogens is 218 g/mol. The van der Waals surface area contributed by atoms with E-state index in [9.17, 15) is 9.90 Å². The fourth-order valence-electron chi connectivity index (χ4n) is 1.99. The van der Waals surface area contributed by atoms with E-state index in [4.69, 9.17) is 4.74 Å². The highest BCUT2D eigenvalue weighted by molar-refractivity contribution is 5.93. The monoisotopic (exact) mass is 235 g/mol. The number of carbonyl (C=O) groups is 1. The average Bonchev–Trinajstić information content (AvgIpc) is 2.72. The number of carbonyl (C=O) groups excluding carboxylic acids is 1. The second-order valence-electron chi connectivity index (χ2n) is 4.52. The van der Waals surface area contributed by atoms with Crippen molar-refractivity contribution in [1.82, 2.24) is 0 Å². The Bertz CT molecular complexity index is 431. The number of amides is 1. The second-order valence-corrected chi connectivity index (χ2v) is 4.52. The first kappa shape index (κ1) is 11.9. The summed E-state index contributed by atoms with van der Waals surface area (Å²) in [6.45, 7) is 4.22. The van der Waals surface area contributed by atoms with Crippen LogP contribution in [0.4, 0.5) is 5.69 Å². The molecular formula is C13H17NO3. The molecule has 92 valence electrons. The third-order valence-electron chi connectivity index (χ3n) is 3.13. The SMILES string of the molecule is Cc1c(O)cccc1NC(=O)C1COC(C)C1. The van der Waals surface area contributed by atoms with E-state index in [0.717, 1.165) is 6.42 Å². The van der Waals surface area contributed by atoms with Crippen LogP contribution in [0.15, 0.2) is 18.2 Å². The van der Waals surface area contributed by atoms with Gasteiger partial charge in [-0.1, -0.05) is 6.07 Å². The molecule has 1 saturated heterocycles. The zero-order valence-electron chi connectivity index (χ0n) is 10.1. The van der Waals surface area contributed by atoms with Gasteiger partial charge >= 0.3 is 0 Å². The molecule has 1 aliphatic heterocycles. The smallest absolute Gasteiger partial charge is 0.229 e. The van der Waals surface area contributed by atoms with E-state index in [0.29, 0.717) is 17.9 Å². The molecule has 1 aromatic rings. The number of nitrogens with one attached hydrogen (secondary N) is 1. The van der Waals surface area contributed by atoms with Gasteiger partial charge in [-0.25, -0.2) is 0 Å². The lowest BCUT2D eigenvalue weighted by atomic mass is 10.0. The van der Waals surface area contributed by atoms with E-state index in [1.54, 1.807) is 25.1 Å². The lowest BCUT2D eigenvalue weighted by molar-refractivity contribution is -0.119. The Morgan fingerprint density at radius 1 is 1.53 bits per heavy atom. The summed E-state index contributed by atoms with van der Waals surface area (Å²) in [4.78, 5) is 12.0. The maximum atomic E-state index is 12.0. The van der Waals surface area contributed by atoms with Gasteiger partial charge in [0, 0.05) is 11.3 Å². The molecule has 0 radical (unpaired) electrons. The summed E-state index contributed by atoms with van der Waals surface area (Å²) in [6.07, 6.45) is 0.903. The number of anilines is 1. The number of hydrogen-bond donors (Lipinski definition) is 2. The van der Waals surface area contributed by atoms with Crippen LogP contribution in [0.25, 0.3) is 0 Å². The van der Waals surface area contributed by atoms with Gasteiger partial charge in [-0.15, -0.1) is 0 Å². The van der Waals surface area contributed by atoms with Crippen LogP contribution in [-0.2, 0) is 9.53 Å². The van der Waals surface area contributed by atoms with Crippen molar-refractivity contribution in [2.24, 2.45) is 5.92 Å². The maximum absolute atomic E-state index is 12.0. The molecule has 1 fully saturated rings. The molecule has 0 aliphatic carbocycles. The van der Waals surface area contributed by atoms with Crippen LogP contribution in [0, 0.1) is 12.8 Å². The molecule has 1 amide bonds. The van der Waals surface area contributed by atoms with Crippen LogP contribution in [0.3, 0.4) is 0 Å². The Labute approximate surface area is 101 Å². The van der Waals surface area contributed by atoms with Gasteiger partial charge in [-0.05, 0) is 32.4 Å². The third-order valence-corrected chi connectivity index (χ3v) is 3.13. The molecule has 0 bridgehead atoms. The van der Waals surface area contributed by atoms with E-state index >= 15 is 0 Å². The van der Waals surface area contributed by atoms with Crippen molar-refractivity contribution in [2.45, 2.75) is 26.4 Å². The number of rotatable bonds is 2. The summed E-state index contributed by atoms with van der Waals surface area (Å²) in [6, 6.07) is 5.10. The molecule has 2 N–H and O–H groups in total. The zero-order chi connectivity index (χ0) is 12.4. The molecule has 0 aromatic heterocycles.